The molecule has 1 aliphatic rings. The molecule has 1 N–H and O–H groups in total. The van der Waals surface area contributed by atoms with E-state index in [1.165, 1.54) is 17.7 Å². The molecule has 4 rings (SSSR count). The Morgan fingerprint density at radius 3 is 2.59 bits per heavy atom. The first kappa shape index (κ1) is 18.1. The van der Waals surface area contributed by atoms with Crippen LogP contribution in [0.2, 0.25) is 5.02 Å². The van der Waals surface area contributed by atoms with Crippen LogP contribution in [0, 0.1) is 0 Å². The van der Waals surface area contributed by atoms with Crippen LogP contribution in [-0.4, -0.2) is 21.5 Å². The molecule has 0 spiro atoms. The second-order valence-corrected chi connectivity index (χ2v) is 8.61. The van der Waals surface area contributed by atoms with Crippen LogP contribution in [0.4, 0.5) is 5.69 Å². The van der Waals surface area contributed by atoms with E-state index in [1.807, 2.05) is 24.3 Å². The van der Waals surface area contributed by atoms with E-state index >= 15 is 0 Å². The van der Waals surface area contributed by atoms with Crippen LogP contribution in [0.15, 0.2) is 76.2 Å². The minimum absolute atomic E-state index is 0.187. The van der Waals surface area contributed by atoms with Crippen molar-refractivity contribution in [3.8, 4) is 0 Å². The maximum Gasteiger partial charge on any atom is 0.240 e. The zero-order valence-corrected chi connectivity index (χ0v) is 16.1. The molecule has 1 atom stereocenters. The molecular weight excluding hydrogens is 384 g/mol. The summed E-state index contributed by atoms with van der Waals surface area (Å²) in [6.45, 7) is 1.01. The van der Waals surface area contributed by atoms with Gasteiger partial charge in [-0.1, -0.05) is 29.8 Å². The van der Waals surface area contributed by atoms with Gasteiger partial charge in [0.05, 0.1) is 11.2 Å². The third kappa shape index (κ3) is 3.74. The Kier molecular flexibility index (Phi) is 4.95. The summed E-state index contributed by atoms with van der Waals surface area (Å²) >= 11 is 5.86. The minimum atomic E-state index is -3.65. The van der Waals surface area contributed by atoms with Crippen molar-refractivity contribution >= 4 is 27.3 Å². The second-order valence-electron chi connectivity index (χ2n) is 6.41. The number of para-hydroxylation sites is 1. The van der Waals surface area contributed by atoms with Crippen LogP contribution in [0.1, 0.15) is 17.4 Å². The number of hydrogen-bond donors (Lipinski definition) is 1. The quantitative estimate of drug-likeness (QED) is 0.676. The number of nitrogens with zero attached hydrogens (tertiary/aromatic N) is 1. The largest absolute Gasteiger partial charge is 0.467 e. The van der Waals surface area contributed by atoms with Crippen molar-refractivity contribution in [2.45, 2.75) is 17.4 Å². The molecule has 1 aliphatic heterocycles. The van der Waals surface area contributed by atoms with Crippen LogP contribution in [-0.2, 0) is 16.4 Å². The zero-order chi connectivity index (χ0) is 18.9. The normalized spacial score (nSPS) is 14.9. The minimum Gasteiger partial charge on any atom is -0.467 e. The molecule has 3 aromatic rings. The molecule has 0 unspecified atom stereocenters. The van der Waals surface area contributed by atoms with E-state index < -0.39 is 10.0 Å². The Bertz CT molecular complexity index is 1020. The lowest BCUT2D eigenvalue weighted by atomic mass is 10.1. The zero-order valence-electron chi connectivity index (χ0n) is 14.5. The van der Waals surface area contributed by atoms with Gasteiger partial charge in [-0.25, -0.2) is 13.1 Å². The molecule has 7 heteroatoms. The molecule has 1 aromatic heterocycles. The van der Waals surface area contributed by atoms with Crippen LogP contribution in [0.3, 0.4) is 0 Å². The highest BCUT2D eigenvalue weighted by Gasteiger charge is 2.30. The van der Waals surface area contributed by atoms with Gasteiger partial charge in [-0.05, 0) is 54.4 Å². The van der Waals surface area contributed by atoms with Gasteiger partial charge in [0.1, 0.15) is 11.8 Å². The monoisotopic (exact) mass is 402 g/mol. The smallest absolute Gasteiger partial charge is 0.240 e. The summed E-state index contributed by atoms with van der Waals surface area (Å²) in [6.07, 6.45) is 2.54. The third-order valence-corrected chi connectivity index (χ3v) is 6.45. The lowest BCUT2D eigenvalue weighted by Gasteiger charge is -2.29. The molecule has 0 saturated carbocycles. The fraction of sp³-hybridized carbons (Fsp3) is 0.200. The second kappa shape index (κ2) is 7.38. The van der Waals surface area contributed by atoms with Gasteiger partial charge in [-0.2, -0.15) is 0 Å². The summed E-state index contributed by atoms with van der Waals surface area (Å²) in [5, 5.41) is 0.496. The van der Waals surface area contributed by atoms with E-state index in [0.717, 1.165) is 24.4 Å². The fourth-order valence-electron chi connectivity index (χ4n) is 3.42. The molecule has 140 valence electrons. The number of sulfonamides is 1. The molecular formula is C20H19ClN2O3S. The number of rotatable bonds is 6. The molecule has 5 nitrogen and oxygen atoms in total. The predicted molar refractivity (Wildman–Crippen MR) is 106 cm³/mol. The SMILES string of the molecule is O=S(=O)(NC[C@@H](c1ccco1)N1CCc2ccccc21)c1ccc(Cl)cc1. The summed E-state index contributed by atoms with van der Waals surface area (Å²) in [7, 11) is -3.65. The molecule has 27 heavy (non-hydrogen) atoms. The van der Waals surface area contributed by atoms with Gasteiger partial charge < -0.3 is 9.32 Å². The molecule has 0 radical (unpaired) electrons. The Morgan fingerprint density at radius 1 is 1.07 bits per heavy atom. The number of hydrogen-bond acceptors (Lipinski definition) is 4. The molecule has 2 aromatic carbocycles. The van der Waals surface area contributed by atoms with E-state index in [1.54, 1.807) is 18.4 Å². The average Bonchev–Trinajstić information content (AvgIpc) is 3.33. The highest BCUT2D eigenvalue weighted by atomic mass is 35.5. The van der Waals surface area contributed by atoms with Crippen LogP contribution in [0.5, 0.6) is 0 Å². The van der Waals surface area contributed by atoms with Gasteiger partial charge in [-0.15, -0.1) is 0 Å². The van der Waals surface area contributed by atoms with Gasteiger partial charge in [0.25, 0.3) is 0 Å². The Labute approximate surface area is 163 Å². The van der Waals surface area contributed by atoms with Gasteiger partial charge in [0.15, 0.2) is 0 Å². The van der Waals surface area contributed by atoms with Gasteiger partial charge >= 0.3 is 0 Å². The van der Waals surface area contributed by atoms with Gasteiger partial charge in [0, 0.05) is 23.8 Å². The number of fused-ring (bicyclic) bond motifs is 1. The summed E-state index contributed by atoms with van der Waals surface area (Å²) in [4.78, 5) is 2.38. The maximum absolute atomic E-state index is 12.7. The molecule has 0 amide bonds. The van der Waals surface area contributed by atoms with Crippen molar-refractivity contribution in [2.75, 3.05) is 18.0 Å². The van der Waals surface area contributed by atoms with Crippen molar-refractivity contribution in [1.29, 1.82) is 0 Å². The van der Waals surface area contributed by atoms with Crippen LogP contribution >= 0.6 is 11.6 Å². The predicted octanol–water partition coefficient (Wildman–Crippen LogP) is 4.02. The fourth-order valence-corrected chi connectivity index (χ4v) is 4.58. The first-order valence-electron chi connectivity index (χ1n) is 8.68. The van der Waals surface area contributed by atoms with Crippen LogP contribution < -0.4 is 9.62 Å². The lowest BCUT2D eigenvalue weighted by Crippen LogP contribution is -2.37. The molecule has 0 fully saturated rings. The van der Waals surface area contributed by atoms with Crippen LogP contribution in [0.25, 0.3) is 0 Å². The summed E-state index contributed by atoms with van der Waals surface area (Å²) in [5.41, 5.74) is 2.37. The highest BCUT2D eigenvalue weighted by molar-refractivity contribution is 7.89. The van der Waals surface area contributed by atoms with E-state index in [9.17, 15) is 8.42 Å². The molecule has 0 saturated heterocycles. The van der Waals surface area contributed by atoms with Crippen molar-refractivity contribution in [3.63, 3.8) is 0 Å². The lowest BCUT2D eigenvalue weighted by molar-refractivity contribution is 0.447. The Hall–Kier alpha value is -2.28. The molecule has 0 bridgehead atoms. The first-order chi connectivity index (χ1) is 13.0. The standard InChI is InChI=1S/C20H19ClN2O3S/c21-16-7-9-17(10-8-16)27(24,25)22-14-19(20-6-3-13-26-20)23-12-11-15-4-1-2-5-18(15)23/h1-10,13,19,22H,11-12,14H2/t19-/m0/s1. The number of furan rings is 1. The first-order valence-corrected chi connectivity index (χ1v) is 10.5. The highest BCUT2D eigenvalue weighted by Crippen LogP contribution is 2.35. The van der Waals surface area contributed by atoms with E-state index in [0.29, 0.717) is 5.02 Å². The number of anilines is 1. The average molecular weight is 403 g/mol. The summed E-state index contributed by atoms with van der Waals surface area (Å²) in [6, 6.07) is 17.8. The molecule has 2 heterocycles. The Balaban J connectivity index is 1.59. The molecule has 0 aliphatic carbocycles. The van der Waals surface area contributed by atoms with E-state index in [-0.39, 0.29) is 17.5 Å². The summed E-state index contributed by atoms with van der Waals surface area (Å²) < 4.78 is 33.7. The van der Waals surface area contributed by atoms with Crippen molar-refractivity contribution in [2.24, 2.45) is 0 Å². The number of benzene rings is 2. The van der Waals surface area contributed by atoms with Gasteiger partial charge in [-0.3, -0.25) is 0 Å². The van der Waals surface area contributed by atoms with Crippen molar-refractivity contribution in [1.82, 2.24) is 4.72 Å². The van der Waals surface area contributed by atoms with Crippen molar-refractivity contribution < 1.29 is 12.8 Å². The summed E-state index contributed by atoms with van der Waals surface area (Å²) in [5.74, 6) is 0.727. The number of nitrogens with one attached hydrogen (secondary N) is 1. The maximum atomic E-state index is 12.7. The van der Waals surface area contributed by atoms with Gasteiger partial charge in [0.2, 0.25) is 10.0 Å². The Morgan fingerprint density at radius 2 is 1.85 bits per heavy atom. The van der Waals surface area contributed by atoms with E-state index in [4.69, 9.17) is 16.0 Å². The third-order valence-electron chi connectivity index (χ3n) is 4.76. The van der Waals surface area contributed by atoms with E-state index in [2.05, 4.69) is 21.8 Å². The topological polar surface area (TPSA) is 62.6 Å². The number of halogens is 1. The van der Waals surface area contributed by atoms with Crippen molar-refractivity contribution in [3.05, 3.63) is 83.3 Å².